The molecule has 1 N–H and O–H groups in total. The predicted octanol–water partition coefficient (Wildman–Crippen LogP) is 4.11. The van der Waals surface area contributed by atoms with Crippen LogP contribution in [0.5, 0.6) is 11.5 Å². The van der Waals surface area contributed by atoms with Crippen LogP contribution in [0.4, 0.5) is 5.69 Å². The van der Waals surface area contributed by atoms with E-state index in [1.807, 2.05) is 6.92 Å². The molecular formula is C25H33Cl2N3O6S. The number of amides is 2. The van der Waals surface area contributed by atoms with Gasteiger partial charge >= 0.3 is 0 Å². The van der Waals surface area contributed by atoms with Gasteiger partial charge in [0.15, 0.2) is 0 Å². The summed E-state index contributed by atoms with van der Waals surface area (Å²) in [6.45, 7) is 3.44. The lowest BCUT2D eigenvalue weighted by atomic mass is 10.1. The van der Waals surface area contributed by atoms with Crippen molar-refractivity contribution in [3.05, 3.63) is 52.0 Å². The Labute approximate surface area is 228 Å². The summed E-state index contributed by atoms with van der Waals surface area (Å²) in [4.78, 5) is 27.8. The third-order valence-electron chi connectivity index (χ3n) is 5.69. The fourth-order valence-corrected chi connectivity index (χ4v) is 4.86. The molecule has 0 aromatic heterocycles. The molecule has 37 heavy (non-hydrogen) atoms. The molecular weight excluding hydrogens is 541 g/mol. The quantitative estimate of drug-likeness (QED) is 0.361. The summed E-state index contributed by atoms with van der Waals surface area (Å²) in [5.74, 6) is -0.306. The van der Waals surface area contributed by atoms with Crippen LogP contribution < -0.4 is 19.1 Å². The number of unbranched alkanes of at least 4 members (excludes halogenated alkanes) is 1. The molecule has 9 nitrogen and oxygen atoms in total. The summed E-state index contributed by atoms with van der Waals surface area (Å²) in [5, 5.41) is 3.56. The van der Waals surface area contributed by atoms with Crippen LogP contribution in [0.2, 0.25) is 10.0 Å². The summed E-state index contributed by atoms with van der Waals surface area (Å²) in [6.07, 6.45) is 2.67. The minimum absolute atomic E-state index is 0.0332. The highest BCUT2D eigenvalue weighted by Gasteiger charge is 2.31. The zero-order chi connectivity index (χ0) is 27.8. The molecule has 0 aliphatic heterocycles. The number of ether oxygens (including phenoxy) is 2. The molecule has 0 fully saturated rings. The van der Waals surface area contributed by atoms with Gasteiger partial charge in [0.25, 0.3) is 0 Å². The standard InChI is InChI=1S/C25H33Cl2N3O6S/c1-6-7-12-28-25(32)17(2)29(15-18-8-9-19(26)13-21(18)27)24(31)16-30(37(5,33)34)22-11-10-20(35-3)14-23(22)36-4/h8-11,13-14,17H,6-7,12,15-16H2,1-5H3,(H,28,32)/t17-/m1/s1. The number of carbonyl (C=O) groups excluding carboxylic acids is 2. The Balaban J connectivity index is 2.46. The first-order valence-corrected chi connectivity index (χ1v) is 14.2. The van der Waals surface area contributed by atoms with Crippen molar-refractivity contribution in [3.8, 4) is 11.5 Å². The van der Waals surface area contributed by atoms with Gasteiger partial charge in [0.05, 0.1) is 26.2 Å². The number of hydrogen-bond donors (Lipinski definition) is 1. The molecule has 0 aliphatic rings. The van der Waals surface area contributed by atoms with Crippen LogP contribution in [-0.2, 0) is 26.2 Å². The number of halogens is 2. The maximum atomic E-state index is 13.7. The average molecular weight is 575 g/mol. The Morgan fingerprint density at radius 2 is 1.78 bits per heavy atom. The van der Waals surface area contributed by atoms with E-state index >= 15 is 0 Å². The second-order valence-corrected chi connectivity index (χ2v) is 11.1. The van der Waals surface area contributed by atoms with E-state index in [2.05, 4.69) is 5.32 Å². The third kappa shape index (κ3) is 8.41. The van der Waals surface area contributed by atoms with E-state index in [4.69, 9.17) is 32.7 Å². The first kappa shape index (κ1) is 30.5. The van der Waals surface area contributed by atoms with E-state index in [0.717, 1.165) is 23.4 Å². The van der Waals surface area contributed by atoms with Crippen LogP contribution in [0, 0.1) is 0 Å². The van der Waals surface area contributed by atoms with Crippen molar-refractivity contribution >= 4 is 50.7 Å². The summed E-state index contributed by atoms with van der Waals surface area (Å²) in [5.41, 5.74) is 0.712. The molecule has 2 amide bonds. The molecule has 0 saturated heterocycles. The first-order chi connectivity index (χ1) is 17.4. The Bertz CT molecular complexity index is 1210. The minimum atomic E-state index is -3.93. The van der Waals surface area contributed by atoms with E-state index in [1.54, 1.807) is 25.1 Å². The van der Waals surface area contributed by atoms with Crippen LogP contribution in [0.25, 0.3) is 0 Å². The molecule has 0 heterocycles. The topological polar surface area (TPSA) is 105 Å². The number of carbonyl (C=O) groups is 2. The molecule has 0 spiro atoms. The SMILES string of the molecule is CCCCNC(=O)[C@@H](C)N(Cc1ccc(Cl)cc1Cl)C(=O)CN(c1ccc(OC)cc1OC)S(C)(=O)=O. The smallest absolute Gasteiger partial charge is 0.244 e. The van der Waals surface area contributed by atoms with Crippen molar-refractivity contribution in [2.45, 2.75) is 39.3 Å². The second-order valence-electron chi connectivity index (χ2n) is 8.39. The number of anilines is 1. The lowest BCUT2D eigenvalue weighted by Crippen LogP contribution is -2.51. The van der Waals surface area contributed by atoms with Crippen molar-refractivity contribution in [2.24, 2.45) is 0 Å². The monoisotopic (exact) mass is 573 g/mol. The van der Waals surface area contributed by atoms with Crippen LogP contribution in [0.1, 0.15) is 32.3 Å². The molecule has 204 valence electrons. The van der Waals surface area contributed by atoms with Gasteiger partial charge in [-0.05, 0) is 43.2 Å². The average Bonchev–Trinajstić information content (AvgIpc) is 2.85. The molecule has 0 radical (unpaired) electrons. The van der Waals surface area contributed by atoms with Crippen LogP contribution in [-0.4, -0.2) is 64.7 Å². The van der Waals surface area contributed by atoms with Gasteiger partial charge in [0, 0.05) is 29.2 Å². The Morgan fingerprint density at radius 1 is 1.08 bits per heavy atom. The maximum absolute atomic E-state index is 13.7. The van der Waals surface area contributed by atoms with Gasteiger partial charge in [-0.3, -0.25) is 13.9 Å². The lowest BCUT2D eigenvalue weighted by molar-refractivity contribution is -0.139. The second kappa shape index (κ2) is 13.7. The number of benzene rings is 2. The van der Waals surface area contributed by atoms with Gasteiger partial charge in [-0.25, -0.2) is 8.42 Å². The van der Waals surface area contributed by atoms with E-state index in [0.29, 0.717) is 27.9 Å². The Morgan fingerprint density at radius 3 is 2.35 bits per heavy atom. The van der Waals surface area contributed by atoms with Crippen LogP contribution >= 0.6 is 23.2 Å². The molecule has 2 rings (SSSR count). The fourth-order valence-electron chi connectivity index (χ4n) is 3.54. The summed E-state index contributed by atoms with van der Waals surface area (Å²) >= 11 is 12.4. The van der Waals surface area contributed by atoms with Gasteiger partial charge in [-0.2, -0.15) is 0 Å². The van der Waals surface area contributed by atoms with Gasteiger partial charge in [-0.15, -0.1) is 0 Å². The van der Waals surface area contributed by atoms with Gasteiger partial charge in [0.1, 0.15) is 24.1 Å². The Hall–Kier alpha value is -2.69. The molecule has 2 aromatic rings. The summed E-state index contributed by atoms with van der Waals surface area (Å²) in [7, 11) is -1.07. The number of rotatable bonds is 13. The van der Waals surface area contributed by atoms with Gasteiger partial charge < -0.3 is 19.7 Å². The normalized spacial score (nSPS) is 12.0. The van der Waals surface area contributed by atoms with Crippen molar-refractivity contribution in [1.82, 2.24) is 10.2 Å². The van der Waals surface area contributed by atoms with E-state index < -0.39 is 28.5 Å². The highest BCUT2D eigenvalue weighted by Crippen LogP contribution is 2.34. The van der Waals surface area contributed by atoms with E-state index in [-0.39, 0.29) is 23.9 Å². The zero-order valence-electron chi connectivity index (χ0n) is 21.6. The number of nitrogens with one attached hydrogen (secondary N) is 1. The molecule has 12 heteroatoms. The largest absolute Gasteiger partial charge is 0.497 e. The van der Waals surface area contributed by atoms with Crippen molar-refractivity contribution < 1.29 is 27.5 Å². The first-order valence-electron chi connectivity index (χ1n) is 11.6. The highest BCUT2D eigenvalue weighted by atomic mass is 35.5. The number of nitrogens with zero attached hydrogens (tertiary/aromatic N) is 2. The molecule has 0 saturated carbocycles. The van der Waals surface area contributed by atoms with Gasteiger partial charge in [0.2, 0.25) is 21.8 Å². The molecule has 2 aromatic carbocycles. The zero-order valence-corrected chi connectivity index (χ0v) is 23.9. The highest BCUT2D eigenvalue weighted by molar-refractivity contribution is 7.92. The van der Waals surface area contributed by atoms with E-state index in [1.165, 1.54) is 37.3 Å². The van der Waals surface area contributed by atoms with Crippen LogP contribution in [0.3, 0.4) is 0 Å². The van der Waals surface area contributed by atoms with Crippen molar-refractivity contribution in [1.29, 1.82) is 0 Å². The molecule has 0 aliphatic carbocycles. The van der Waals surface area contributed by atoms with E-state index in [9.17, 15) is 18.0 Å². The van der Waals surface area contributed by atoms with Crippen molar-refractivity contribution in [3.63, 3.8) is 0 Å². The minimum Gasteiger partial charge on any atom is -0.497 e. The summed E-state index contributed by atoms with van der Waals surface area (Å²) < 4.78 is 37.1. The van der Waals surface area contributed by atoms with Crippen molar-refractivity contribution in [2.75, 3.05) is 37.9 Å². The number of hydrogen-bond acceptors (Lipinski definition) is 6. The molecule has 0 bridgehead atoms. The third-order valence-corrected chi connectivity index (χ3v) is 7.40. The van der Waals surface area contributed by atoms with Crippen LogP contribution in [0.15, 0.2) is 36.4 Å². The predicted molar refractivity (Wildman–Crippen MR) is 146 cm³/mol. The molecule has 0 unspecified atom stereocenters. The number of methoxy groups -OCH3 is 2. The maximum Gasteiger partial charge on any atom is 0.244 e. The van der Waals surface area contributed by atoms with Gasteiger partial charge in [-0.1, -0.05) is 42.6 Å². The summed E-state index contributed by atoms with van der Waals surface area (Å²) in [6, 6.07) is 8.50. The number of sulfonamides is 1. The Kier molecular flexibility index (Phi) is 11.3. The fraction of sp³-hybridized carbons (Fsp3) is 0.440. The lowest BCUT2D eigenvalue weighted by Gasteiger charge is -2.32. The molecule has 1 atom stereocenters.